The molecule has 0 fully saturated rings. The summed E-state index contributed by atoms with van der Waals surface area (Å²) in [7, 11) is 0. The second-order valence-corrected chi connectivity index (χ2v) is 6.70. The van der Waals surface area contributed by atoms with Crippen molar-refractivity contribution in [2.75, 3.05) is 18.0 Å². The number of nitrogens with two attached hydrogens (primary N) is 1. The van der Waals surface area contributed by atoms with E-state index in [9.17, 15) is 0 Å². The molecule has 2 N–H and O–H groups in total. The van der Waals surface area contributed by atoms with Crippen LogP contribution in [0.1, 0.15) is 58.4 Å². The highest BCUT2D eigenvalue weighted by Crippen LogP contribution is 2.37. The monoisotopic (exact) mass is 290 g/mol. The third-order valence-electron chi connectivity index (χ3n) is 4.09. The van der Waals surface area contributed by atoms with E-state index in [-0.39, 0.29) is 5.60 Å². The van der Waals surface area contributed by atoms with Gasteiger partial charge in [0.2, 0.25) is 0 Å². The number of nitrogens with zero attached hydrogens (tertiary/aromatic N) is 1. The SMILES string of the molecule is CCCCCCCN1CC(C)(C)Oc2cc(CN)ccc21. The molecular weight excluding hydrogens is 260 g/mol. The van der Waals surface area contributed by atoms with Gasteiger partial charge in [0, 0.05) is 13.1 Å². The number of hydrogen-bond donors (Lipinski definition) is 1. The van der Waals surface area contributed by atoms with Crippen LogP contribution in [-0.2, 0) is 6.54 Å². The van der Waals surface area contributed by atoms with E-state index in [2.05, 4.69) is 43.9 Å². The number of ether oxygens (including phenoxy) is 1. The van der Waals surface area contributed by atoms with Gasteiger partial charge in [0.1, 0.15) is 11.4 Å². The van der Waals surface area contributed by atoms with Gasteiger partial charge in [0.05, 0.1) is 12.2 Å². The predicted octanol–water partition coefficient (Wildman–Crippen LogP) is 4.09. The third-order valence-corrected chi connectivity index (χ3v) is 4.09. The van der Waals surface area contributed by atoms with Crippen molar-refractivity contribution >= 4 is 5.69 Å². The Hall–Kier alpha value is -1.22. The summed E-state index contributed by atoms with van der Waals surface area (Å²) in [4.78, 5) is 2.48. The summed E-state index contributed by atoms with van der Waals surface area (Å²) in [6.45, 7) is 9.22. The zero-order chi connectivity index (χ0) is 15.3. The molecule has 0 aromatic heterocycles. The summed E-state index contributed by atoms with van der Waals surface area (Å²) >= 11 is 0. The summed E-state index contributed by atoms with van der Waals surface area (Å²) in [6, 6.07) is 6.38. The van der Waals surface area contributed by atoms with Crippen molar-refractivity contribution in [3.05, 3.63) is 23.8 Å². The van der Waals surface area contributed by atoms with Crippen LogP contribution in [-0.4, -0.2) is 18.7 Å². The van der Waals surface area contributed by atoms with Gasteiger partial charge in [-0.05, 0) is 38.0 Å². The summed E-state index contributed by atoms with van der Waals surface area (Å²) in [6.07, 6.45) is 6.58. The maximum absolute atomic E-state index is 6.14. The molecule has 0 unspecified atom stereocenters. The molecule has 1 aromatic carbocycles. The first kappa shape index (κ1) is 16.2. The normalized spacial score (nSPS) is 16.5. The summed E-state index contributed by atoms with van der Waals surface area (Å²) in [5, 5.41) is 0. The molecule has 3 nitrogen and oxygen atoms in total. The lowest BCUT2D eigenvalue weighted by molar-refractivity contribution is 0.105. The minimum Gasteiger partial charge on any atom is -0.484 e. The van der Waals surface area contributed by atoms with Gasteiger partial charge in [-0.15, -0.1) is 0 Å². The van der Waals surface area contributed by atoms with E-state index in [4.69, 9.17) is 10.5 Å². The van der Waals surface area contributed by atoms with E-state index in [0.717, 1.165) is 24.4 Å². The fraction of sp³-hybridized carbons (Fsp3) is 0.667. The number of hydrogen-bond acceptors (Lipinski definition) is 3. The van der Waals surface area contributed by atoms with Crippen molar-refractivity contribution in [1.82, 2.24) is 0 Å². The van der Waals surface area contributed by atoms with E-state index in [1.165, 1.54) is 37.8 Å². The maximum Gasteiger partial charge on any atom is 0.143 e. The van der Waals surface area contributed by atoms with Crippen LogP contribution >= 0.6 is 0 Å². The zero-order valence-corrected chi connectivity index (χ0v) is 13.8. The van der Waals surface area contributed by atoms with E-state index >= 15 is 0 Å². The lowest BCUT2D eigenvalue weighted by atomic mass is 10.0. The molecule has 1 aliphatic rings. The Labute approximate surface area is 129 Å². The number of unbranched alkanes of at least 4 members (excludes halogenated alkanes) is 4. The highest BCUT2D eigenvalue weighted by Gasteiger charge is 2.31. The van der Waals surface area contributed by atoms with Crippen LogP contribution in [0.3, 0.4) is 0 Å². The molecule has 0 saturated carbocycles. The van der Waals surface area contributed by atoms with Crippen LogP contribution in [0.2, 0.25) is 0 Å². The highest BCUT2D eigenvalue weighted by atomic mass is 16.5. The van der Waals surface area contributed by atoms with E-state index in [1.54, 1.807) is 0 Å². The number of rotatable bonds is 7. The van der Waals surface area contributed by atoms with E-state index in [1.807, 2.05) is 0 Å². The second kappa shape index (κ2) is 7.17. The van der Waals surface area contributed by atoms with Gasteiger partial charge in [-0.2, -0.15) is 0 Å². The average molecular weight is 290 g/mol. The molecule has 0 bridgehead atoms. The van der Waals surface area contributed by atoms with Crippen LogP contribution in [0.15, 0.2) is 18.2 Å². The fourth-order valence-electron chi connectivity index (χ4n) is 3.01. The van der Waals surface area contributed by atoms with E-state index < -0.39 is 0 Å². The Kier molecular flexibility index (Phi) is 5.51. The Morgan fingerprint density at radius 3 is 2.67 bits per heavy atom. The summed E-state index contributed by atoms with van der Waals surface area (Å²) < 4.78 is 6.14. The van der Waals surface area contributed by atoms with Gasteiger partial charge in [0.25, 0.3) is 0 Å². The molecular formula is C18H30N2O. The van der Waals surface area contributed by atoms with Gasteiger partial charge in [0.15, 0.2) is 0 Å². The van der Waals surface area contributed by atoms with Gasteiger partial charge in [-0.3, -0.25) is 0 Å². The van der Waals surface area contributed by atoms with Crippen molar-refractivity contribution in [2.24, 2.45) is 5.73 Å². The molecule has 1 aliphatic heterocycles. The lowest BCUT2D eigenvalue weighted by Gasteiger charge is -2.41. The van der Waals surface area contributed by atoms with Crippen LogP contribution in [0.4, 0.5) is 5.69 Å². The van der Waals surface area contributed by atoms with Gasteiger partial charge >= 0.3 is 0 Å². The van der Waals surface area contributed by atoms with E-state index in [0.29, 0.717) is 6.54 Å². The zero-order valence-electron chi connectivity index (χ0n) is 13.8. The number of anilines is 1. The van der Waals surface area contributed by atoms with Crippen molar-refractivity contribution in [1.29, 1.82) is 0 Å². The Bertz CT molecular complexity index is 457. The third kappa shape index (κ3) is 4.37. The predicted molar refractivity (Wildman–Crippen MR) is 90.0 cm³/mol. The molecule has 1 aromatic rings. The standard InChI is InChI=1S/C18H30N2O/c1-4-5-6-7-8-11-20-14-18(2,3)21-17-12-15(13-19)9-10-16(17)20/h9-10,12H,4-8,11,13-14,19H2,1-3H3. The van der Waals surface area contributed by atoms with Gasteiger partial charge in [-0.25, -0.2) is 0 Å². The summed E-state index contributed by atoms with van der Waals surface area (Å²) in [5.74, 6) is 0.989. The molecule has 0 amide bonds. The molecule has 2 rings (SSSR count). The van der Waals surface area contributed by atoms with Crippen LogP contribution in [0.5, 0.6) is 5.75 Å². The minimum atomic E-state index is -0.135. The first-order chi connectivity index (χ1) is 10.1. The van der Waals surface area contributed by atoms with Gasteiger partial charge in [-0.1, -0.05) is 38.7 Å². The van der Waals surface area contributed by atoms with Crippen molar-refractivity contribution < 1.29 is 4.74 Å². The second-order valence-electron chi connectivity index (χ2n) is 6.70. The first-order valence-electron chi connectivity index (χ1n) is 8.32. The first-order valence-corrected chi connectivity index (χ1v) is 8.32. The Balaban J connectivity index is 2.04. The van der Waals surface area contributed by atoms with Crippen molar-refractivity contribution in [2.45, 2.75) is 65.0 Å². The molecule has 0 saturated heterocycles. The minimum absolute atomic E-state index is 0.135. The van der Waals surface area contributed by atoms with Crippen molar-refractivity contribution in [3.63, 3.8) is 0 Å². The maximum atomic E-state index is 6.14. The smallest absolute Gasteiger partial charge is 0.143 e. The molecule has 3 heteroatoms. The Morgan fingerprint density at radius 2 is 1.95 bits per heavy atom. The number of benzene rings is 1. The lowest BCUT2D eigenvalue weighted by Crippen LogP contribution is -2.47. The average Bonchev–Trinajstić information content (AvgIpc) is 2.45. The van der Waals surface area contributed by atoms with Crippen LogP contribution < -0.4 is 15.4 Å². The largest absolute Gasteiger partial charge is 0.484 e. The molecule has 0 atom stereocenters. The van der Waals surface area contributed by atoms with Gasteiger partial charge < -0.3 is 15.4 Å². The van der Waals surface area contributed by atoms with Crippen LogP contribution in [0, 0.1) is 0 Å². The molecule has 0 radical (unpaired) electrons. The molecule has 118 valence electrons. The molecule has 1 heterocycles. The number of fused-ring (bicyclic) bond motifs is 1. The quantitative estimate of drug-likeness (QED) is 0.769. The summed E-state index contributed by atoms with van der Waals surface area (Å²) in [5.41, 5.74) is 7.97. The molecule has 21 heavy (non-hydrogen) atoms. The Morgan fingerprint density at radius 1 is 1.19 bits per heavy atom. The topological polar surface area (TPSA) is 38.5 Å². The highest BCUT2D eigenvalue weighted by molar-refractivity contribution is 5.61. The molecule has 0 aliphatic carbocycles. The van der Waals surface area contributed by atoms with Crippen molar-refractivity contribution in [3.8, 4) is 5.75 Å². The van der Waals surface area contributed by atoms with Crippen LogP contribution in [0.25, 0.3) is 0 Å². The fourth-order valence-corrected chi connectivity index (χ4v) is 3.01. The molecule has 0 spiro atoms.